The predicted molar refractivity (Wildman–Crippen MR) is 146 cm³/mol. The molecule has 0 aliphatic carbocycles. The number of hydrogen-bond donors (Lipinski definition) is 3. The Morgan fingerprint density at radius 3 is 2.67 bits per heavy atom. The molecule has 2 atom stereocenters. The van der Waals surface area contributed by atoms with Crippen LogP contribution in [0.15, 0.2) is 24.3 Å². The largest absolute Gasteiger partial charge is 0.505 e. The second kappa shape index (κ2) is 10.3. The lowest BCUT2D eigenvalue weighted by atomic mass is 9.96. The molecule has 0 saturated carbocycles. The number of aromatic amines is 2. The standard InChI is InChI=1S/C29H32F2N6O3/c1-4-17-9-25(38)20(30)10-19(17)18-7-21(31)27-23(8-18)34-35-28(27)29-32-22-5-6-37(13-24(22)33-29)26(39)14-36-11-15(2)40-16(3)12-36/h7-10,15-16,38H,4-6,11-14H2,1-3H3,(H,32,33)(H,34,35)/t15-,16+. The van der Waals surface area contributed by atoms with Crippen LogP contribution in [0.3, 0.4) is 0 Å². The molecule has 1 amide bonds. The van der Waals surface area contributed by atoms with Gasteiger partial charge in [-0.1, -0.05) is 6.92 Å². The molecule has 0 unspecified atom stereocenters. The number of aryl methyl sites for hydroxylation is 1. The zero-order chi connectivity index (χ0) is 28.1. The maximum absolute atomic E-state index is 15.5. The van der Waals surface area contributed by atoms with Gasteiger partial charge in [-0.25, -0.2) is 13.8 Å². The van der Waals surface area contributed by atoms with Gasteiger partial charge in [0.05, 0.1) is 47.6 Å². The Morgan fingerprint density at radius 1 is 1.15 bits per heavy atom. The molecule has 210 valence electrons. The minimum atomic E-state index is -0.763. The van der Waals surface area contributed by atoms with E-state index in [1.807, 2.05) is 25.7 Å². The van der Waals surface area contributed by atoms with Crippen molar-refractivity contribution in [3.05, 3.63) is 52.9 Å². The molecule has 6 rings (SSSR count). The van der Waals surface area contributed by atoms with Gasteiger partial charge < -0.3 is 19.7 Å². The van der Waals surface area contributed by atoms with Crippen LogP contribution in [0.4, 0.5) is 8.78 Å². The number of nitrogens with zero attached hydrogens (tertiary/aromatic N) is 4. The van der Waals surface area contributed by atoms with Crippen LogP contribution >= 0.6 is 0 Å². The minimum absolute atomic E-state index is 0.0593. The van der Waals surface area contributed by atoms with Crippen molar-refractivity contribution in [1.29, 1.82) is 0 Å². The molecule has 0 bridgehead atoms. The summed E-state index contributed by atoms with van der Waals surface area (Å²) in [6.45, 7) is 8.68. The summed E-state index contributed by atoms with van der Waals surface area (Å²) in [5.41, 5.74) is 4.14. The monoisotopic (exact) mass is 550 g/mol. The number of ether oxygens (including phenoxy) is 1. The summed E-state index contributed by atoms with van der Waals surface area (Å²) in [4.78, 5) is 25.0. The smallest absolute Gasteiger partial charge is 0.237 e. The van der Waals surface area contributed by atoms with E-state index in [2.05, 4.69) is 20.1 Å². The number of fused-ring (bicyclic) bond motifs is 2. The van der Waals surface area contributed by atoms with Crippen LogP contribution in [0.25, 0.3) is 33.5 Å². The van der Waals surface area contributed by atoms with Crippen LogP contribution < -0.4 is 0 Å². The molecule has 4 heterocycles. The van der Waals surface area contributed by atoms with Crippen molar-refractivity contribution in [3.63, 3.8) is 0 Å². The first-order valence-electron chi connectivity index (χ1n) is 13.6. The molecule has 2 aliphatic rings. The number of morpholine rings is 1. The van der Waals surface area contributed by atoms with Gasteiger partial charge in [0.1, 0.15) is 11.5 Å². The molecule has 2 aromatic carbocycles. The summed E-state index contributed by atoms with van der Waals surface area (Å²) in [7, 11) is 0. The van der Waals surface area contributed by atoms with Crippen LogP contribution in [0.5, 0.6) is 5.75 Å². The summed E-state index contributed by atoms with van der Waals surface area (Å²) >= 11 is 0. The van der Waals surface area contributed by atoms with Crippen molar-refractivity contribution >= 4 is 16.8 Å². The predicted octanol–water partition coefficient (Wildman–Crippen LogP) is 4.16. The molecule has 4 aromatic rings. The molecule has 1 fully saturated rings. The Labute approximate surface area is 230 Å². The van der Waals surface area contributed by atoms with E-state index in [9.17, 15) is 14.3 Å². The second-order valence-electron chi connectivity index (χ2n) is 10.8. The number of nitrogens with one attached hydrogen (secondary N) is 2. The third-order valence-corrected chi connectivity index (χ3v) is 7.74. The van der Waals surface area contributed by atoms with Gasteiger partial charge in [-0.15, -0.1) is 0 Å². The molecule has 3 N–H and O–H groups in total. The van der Waals surface area contributed by atoms with E-state index in [0.29, 0.717) is 66.2 Å². The summed E-state index contributed by atoms with van der Waals surface area (Å²) in [5, 5.41) is 17.3. The third-order valence-electron chi connectivity index (χ3n) is 7.74. The van der Waals surface area contributed by atoms with E-state index in [0.717, 1.165) is 24.5 Å². The van der Waals surface area contributed by atoms with Gasteiger partial charge in [0.2, 0.25) is 5.91 Å². The Hall–Kier alpha value is -3.83. The second-order valence-corrected chi connectivity index (χ2v) is 10.8. The van der Waals surface area contributed by atoms with Crippen LogP contribution in [0, 0.1) is 11.6 Å². The fourth-order valence-corrected chi connectivity index (χ4v) is 5.92. The minimum Gasteiger partial charge on any atom is -0.505 e. The number of aromatic hydroxyl groups is 1. The summed E-state index contributed by atoms with van der Waals surface area (Å²) in [6.07, 6.45) is 1.32. The van der Waals surface area contributed by atoms with Crippen molar-refractivity contribution in [3.8, 4) is 28.4 Å². The number of phenolic OH excluding ortho intramolecular Hbond substituents is 1. The van der Waals surface area contributed by atoms with Crippen molar-refractivity contribution in [2.24, 2.45) is 0 Å². The molecule has 1 saturated heterocycles. The van der Waals surface area contributed by atoms with Crippen molar-refractivity contribution < 1.29 is 23.4 Å². The first kappa shape index (κ1) is 26.4. The molecule has 0 spiro atoms. The average Bonchev–Trinajstić information content (AvgIpc) is 3.53. The van der Waals surface area contributed by atoms with Gasteiger partial charge in [-0.3, -0.25) is 14.8 Å². The number of benzene rings is 2. The normalized spacial score (nSPS) is 19.8. The van der Waals surface area contributed by atoms with Crippen LogP contribution in [-0.4, -0.2) is 79.4 Å². The van der Waals surface area contributed by atoms with Crippen molar-refractivity contribution in [1.82, 2.24) is 30.0 Å². The Bertz CT molecular complexity index is 1590. The number of rotatable bonds is 5. The number of H-pyrrole nitrogens is 2. The van der Waals surface area contributed by atoms with Gasteiger partial charge in [0.15, 0.2) is 17.4 Å². The Morgan fingerprint density at radius 2 is 1.93 bits per heavy atom. The van der Waals surface area contributed by atoms with E-state index in [-0.39, 0.29) is 23.5 Å². The highest BCUT2D eigenvalue weighted by molar-refractivity contribution is 5.94. The number of amides is 1. The van der Waals surface area contributed by atoms with E-state index < -0.39 is 17.4 Å². The van der Waals surface area contributed by atoms with Crippen LogP contribution in [-0.2, 0) is 28.9 Å². The lowest BCUT2D eigenvalue weighted by molar-refractivity contribution is -0.136. The molecule has 11 heteroatoms. The number of halogens is 2. The average molecular weight is 551 g/mol. The number of aromatic nitrogens is 4. The molecular formula is C29H32F2N6O3. The summed E-state index contributed by atoms with van der Waals surface area (Å²) < 4.78 is 35.5. The highest BCUT2D eigenvalue weighted by Gasteiger charge is 2.29. The first-order chi connectivity index (χ1) is 19.2. The molecule has 0 radical (unpaired) electrons. The zero-order valence-electron chi connectivity index (χ0n) is 22.7. The number of carbonyl (C=O) groups is 1. The van der Waals surface area contributed by atoms with Crippen molar-refractivity contribution in [2.45, 2.75) is 52.4 Å². The van der Waals surface area contributed by atoms with Gasteiger partial charge in [0.25, 0.3) is 0 Å². The fraction of sp³-hybridized carbons (Fsp3) is 0.414. The van der Waals surface area contributed by atoms with E-state index in [4.69, 9.17) is 9.72 Å². The fourth-order valence-electron chi connectivity index (χ4n) is 5.92. The van der Waals surface area contributed by atoms with E-state index in [1.54, 1.807) is 6.07 Å². The number of hydrogen-bond acceptors (Lipinski definition) is 6. The number of imidazole rings is 1. The molecule has 2 aliphatic heterocycles. The van der Waals surface area contributed by atoms with Gasteiger partial charge in [-0.05, 0) is 61.2 Å². The Kier molecular flexibility index (Phi) is 6.79. The van der Waals surface area contributed by atoms with E-state index >= 15 is 4.39 Å². The quantitative estimate of drug-likeness (QED) is 0.344. The molecule has 40 heavy (non-hydrogen) atoms. The number of carbonyl (C=O) groups excluding carboxylic acids is 1. The third kappa shape index (κ3) is 4.84. The lowest BCUT2D eigenvalue weighted by Gasteiger charge is -2.36. The molecule has 9 nitrogen and oxygen atoms in total. The first-order valence-corrected chi connectivity index (χ1v) is 13.6. The highest BCUT2D eigenvalue weighted by Crippen LogP contribution is 2.35. The molecule has 2 aromatic heterocycles. The highest BCUT2D eigenvalue weighted by atomic mass is 19.1. The topological polar surface area (TPSA) is 110 Å². The zero-order valence-corrected chi connectivity index (χ0v) is 22.7. The molecular weight excluding hydrogens is 518 g/mol. The van der Waals surface area contributed by atoms with Crippen LogP contribution in [0.2, 0.25) is 0 Å². The van der Waals surface area contributed by atoms with Crippen molar-refractivity contribution in [2.75, 3.05) is 26.2 Å². The summed E-state index contributed by atoms with van der Waals surface area (Å²) in [5.74, 6) is -1.23. The maximum Gasteiger partial charge on any atom is 0.237 e. The Balaban J connectivity index is 1.24. The van der Waals surface area contributed by atoms with Gasteiger partial charge in [0, 0.05) is 26.1 Å². The van der Waals surface area contributed by atoms with Gasteiger partial charge >= 0.3 is 0 Å². The SMILES string of the molecule is CCc1cc(O)c(F)cc1-c1cc(F)c2c(-c3nc4c([nH]3)CN(C(=O)CN3C[C@@H](C)O[C@@H](C)C3)CC4)n[nH]c2c1. The van der Waals surface area contributed by atoms with Gasteiger partial charge in [-0.2, -0.15) is 5.10 Å². The summed E-state index contributed by atoms with van der Waals surface area (Å²) in [6, 6.07) is 5.66. The van der Waals surface area contributed by atoms with E-state index in [1.165, 1.54) is 18.2 Å². The van der Waals surface area contributed by atoms with Crippen LogP contribution in [0.1, 0.15) is 37.7 Å². The number of phenols is 1. The maximum atomic E-state index is 15.5. The lowest BCUT2D eigenvalue weighted by Crippen LogP contribution is -2.50.